The fraction of sp³-hybridized carbons (Fsp3) is 0.167. The number of hydrogen-bond donors (Lipinski definition) is 3. The third-order valence-electron chi connectivity index (χ3n) is 3.69. The summed E-state index contributed by atoms with van der Waals surface area (Å²) in [5, 5.41) is 6.07. The van der Waals surface area contributed by atoms with E-state index >= 15 is 0 Å². The van der Waals surface area contributed by atoms with Gasteiger partial charge >= 0.3 is 0 Å². The zero-order valence-electron chi connectivity index (χ0n) is 14.0. The smallest absolute Gasteiger partial charge is 0.255 e. The van der Waals surface area contributed by atoms with Crippen molar-refractivity contribution in [3.05, 3.63) is 66.4 Å². The molecule has 0 bridgehead atoms. The highest BCUT2D eigenvalue weighted by Crippen LogP contribution is 2.27. The predicted molar refractivity (Wildman–Crippen MR) is 95.0 cm³/mol. The van der Waals surface area contributed by atoms with Gasteiger partial charge in [-0.2, -0.15) is 0 Å². The third-order valence-corrected chi connectivity index (χ3v) is 3.69. The minimum absolute atomic E-state index is 0.241. The Hall–Kier alpha value is -3.35. The van der Waals surface area contributed by atoms with Gasteiger partial charge in [-0.05, 0) is 31.2 Å². The van der Waals surface area contributed by atoms with Crippen molar-refractivity contribution < 1.29 is 9.53 Å². The molecule has 0 aliphatic rings. The van der Waals surface area contributed by atoms with E-state index in [1.54, 1.807) is 37.8 Å². The molecule has 3 rings (SSSR count). The lowest BCUT2D eigenvalue weighted by molar-refractivity contribution is 0.0939. The van der Waals surface area contributed by atoms with E-state index in [0.29, 0.717) is 23.0 Å². The van der Waals surface area contributed by atoms with Gasteiger partial charge < -0.3 is 20.4 Å². The first-order valence-electron chi connectivity index (χ1n) is 7.84. The molecule has 0 unspecified atom stereocenters. The van der Waals surface area contributed by atoms with Crippen LogP contribution in [0.15, 0.2) is 55.0 Å². The number of H-pyrrole nitrogens is 1. The molecule has 0 radical (unpaired) electrons. The maximum absolute atomic E-state index is 12.7. The fourth-order valence-corrected chi connectivity index (χ4v) is 2.42. The van der Waals surface area contributed by atoms with Crippen molar-refractivity contribution in [3.63, 3.8) is 0 Å². The second-order valence-electron chi connectivity index (χ2n) is 5.39. The lowest BCUT2D eigenvalue weighted by atomic mass is 10.2. The van der Waals surface area contributed by atoms with E-state index in [1.807, 2.05) is 31.2 Å². The van der Waals surface area contributed by atoms with Crippen LogP contribution in [0.1, 0.15) is 29.1 Å². The van der Waals surface area contributed by atoms with E-state index in [-0.39, 0.29) is 11.9 Å². The number of amides is 1. The molecule has 1 amide bonds. The molecule has 0 saturated heterocycles. The molecule has 0 fully saturated rings. The Balaban J connectivity index is 1.82. The van der Waals surface area contributed by atoms with Gasteiger partial charge in [0, 0.05) is 18.6 Å². The van der Waals surface area contributed by atoms with Gasteiger partial charge in [0.2, 0.25) is 0 Å². The molecule has 2 aromatic heterocycles. The summed E-state index contributed by atoms with van der Waals surface area (Å²) in [5.41, 5.74) is 1.17. The number of carbonyl (C=O) groups excluding carboxylic acids is 1. The summed E-state index contributed by atoms with van der Waals surface area (Å²) in [6.45, 7) is 1.86. The van der Waals surface area contributed by atoms with Gasteiger partial charge in [-0.25, -0.2) is 9.97 Å². The summed E-state index contributed by atoms with van der Waals surface area (Å²) in [6.07, 6.45) is 5.00. The second-order valence-corrected chi connectivity index (χ2v) is 5.39. The Kier molecular flexibility index (Phi) is 4.94. The quantitative estimate of drug-likeness (QED) is 0.643. The number of imidazole rings is 1. The van der Waals surface area contributed by atoms with Crippen LogP contribution in [0, 0.1) is 0 Å². The van der Waals surface area contributed by atoms with Crippen LogP contribution in [0.4, 0.5) is 11.5 Å². The van der Waals surface area contributed by atoms with Crippen LogP contribution < -0.4 is 15.4 Å². The Labute approximate surface area is 145 Å². The Morgan fingerprint density at radius 3 is 2.76 bits per heavy atom. The zero-order valence-corrected chi connectivity index (χ0v) is 14.0. The number of pyridine rings is 1. The monoisotopic (exact) mass is 337 g/mol. The molecule has 2 heterocycles. The lowest BCUT2D eigenvalue weighted by Crippen LogP contribution is -2.28. The lowest BCUT2D eigenvalue weighted by Gasteiger charge is -2.15. The number of aromatic amines is 1. The molecule has 0 saturated carbocycles. The minimum atomic E-state index is -0.248. The second kappa shape index (κ2) is 7.48. The summed E-state index contributed by atoms with van der Waals surface area (Å²) in [4.78, 5) is 24.1. The molecule has 0 aliphatic carbocycles. The maximum Gasteiger partial charge on any atom is 0.255 e. The maximum atomic E-state index is 12.7. The van der Waals surface area contributed by atoms with E-state index < -0.39 is 0 Å². The molecule has 25 heavy (non-hydrogen) atoms. The van der Waals surface area contributed by atoms with Gasteiger partial charge in [0.1, 0.15) is 17.4 Å². The van der Waals surface area contributed by atoms with Crippen molar-refractivity contribution in [1.29, 1.82) is 0 Å². The number of benzene rings is 1. The van der Waals surface area contributed by atoms with E-state index in [2.05, 4.69) is 25.6 Å². The number of aromatic nitrogens is 3. The molecule has 0 spiro atoms. The number of para-hydroxylation sites is 2. The average Bonchev–Trinajstić information content (AvgIpc) is 3.17. The van der Waals surface area contributed by atoms with Crippen molar-refractivity contribution in [1.82, 2.24) is 20.3 Å². The standard InChI is InChI=1S/C18H19N5O2/c1-12(16-20-10-11-21-16)22-18(24)13-6-5-9-19-17(13)23-14-7-3-4-8-15(14)25-2/h3-12H,1-2H3,(H,19,23)(H,20,21)(H,22,24)/t12-/m0/s1. The fourth-order valence-electron chi connectivity index (χ4n) is 2.42. The molecule has 7 nitrogen and oxygen atoms in total. The molecule has 7 heteroatoms. The highest BCUT2D eigenvalue weighted by atomic mass is 16.5. The first-order valence-corrected chi connectivity index (χ1v) is 7.84. The largest absolute Gasteiger partial charge is 0.495 e. The van der Waals surface area contributed by atoms with Gasteiger partial charge in [-0.3, -0.25) is 4.79 Å². The Morgan fingerprint density at radius 1 is 1.16 bits per heavy atom. The summed E-state index contributed by atoms with van der Waals surface area (Å²) < 4.78 is 5.33. The number of nitrogens with zero attached hydrogens (tertiary/aromatic N) is 2. The van der Waals surface area contributed by atoms with Gasteiger partial charge in [-0.15, -0.1) is 0 Å². The van der Waals surface area contributed by atoms with E-state index in [1.165, 1.54) is 0 Å². The normalized spacial score (nSPS) is 11.6. The van der Waals surface area contributed by atoms with Crippen LogP contribution in [0.25, 0.3) is 0 Å². The number of hydrogen-bond acceptors (Lipinski definition) is 5. The van der Waals surface area contributed by atoms with Gasteiger partial charge in [-0.1, -0.05) is 12.1 Å². The molecule has 3 aromatic rings. The number of carbonyl (C=O) groups is 1. The first kappa shape index (κ1) is 16.5. The van der Waals surface area contributed by atoms with Crippen LogP contribution in [0.2, 0.25) is 0 Å². The summed E-state index contributed by atoms with van der Waals surface area (Å²) in [6, 6.07) is 10.6. The van der Waals surface area contributed by atoms with Crippen LogP contribution in [-0.4, -0.2) is 28.0 Å². The van der Waals surface area contributed by atoms with Gasteiger partial charge in [0.25, 0.3) is 5.91 Å². The van der Waals surface area contributed by atoms with Crippen molar-refractivity contribution in [2.45, 2.75) is 13.0 Å². The zero-order chi connectivity index (χ0) is 17.6. The van der Waals surface area contributed by atoms with Crippen molar-refractivity contribution in [2.24, 2.45) is 0 Å². The van der Waals surface area contributed by atoms with Crippen LogP contribution in [0.3, 0.4) is 0 Å². The van der Waals surface area contributed by atoms with Gasteiger partial charge in [0.05, 0.1) is 24.4 Å². The first-order chi connectivity index (χ1) is 12.2. The molecule has 0 aliphatic heterocycles. The SMILES string of the molecule is COc1ccccc1Nc1ncccc1C(=O)N[C@@H](C)c1ncc[nH]1. The summed E-state index contributed by atoms with van der Waals surface area (Å²) in [7, 11) is 1.59. The minimum Gasteiger partial charge on any atom is -0.495 e. The van der Waals surface area contributed by atoms with E-state index in [0.717, 1.165) is 5.69 Å². The molecule has 3 N–H and O–H groups in total. The number of rotatable bonds is 6. The van der Waals surface area contributed by atoms with E-state index in [4.69, 9.17) is 4.74 Å². The van der Waals surface area contributed by atoms with Crippen LogP contribution >= 0.6 is 0 Å². The third kappa shape index (κ3) is 3.77. The van der Waals surface area contributed by atoms with Crippen LogP contribution in [-0.2, 0) is 0 Å². The summed E-state index contributed by atoms with van der Waals surface area (Å²) in [5.74, 6) is 1.57. The van der Waals surface area contributed by atoms with Crippen molar-refractivity contribution in [2.75, 3.05) is 12.4 Å². The number of nitrogens with one attached hydrogen (secondary N) is 3. The molecule has 128 valence electrons. The number of anilines is 2. The van der Waals surface area contributed by atoms with Crippen molar-refractivity contribution >= 4 is 17.4 Å². The molecule has 1 aromatic carbocycles. The Morgan fingerprint density at radius 2 is 2.00 bits per heavy atom. The van der Waals surface area contributed by atoms with Gasteiger partial charge in [0.15, 0.2) is 0 Å². The topological polar surface area (TPSA) is 91.9 Å². The van der Waals surface area contributed by atoms with Crippen molar-refractivity contribution in [3.8, 4) is 5.75 Å². The van der Waals surface area contributed by atoms with E-state index in [9.17, 15) is 4.79 Å². The molecule has 1 atom stereocenters. The number of ether oxygens (including phenoxy) is 1. The number of methoxy groups -OCH3 is 1. The predicted octanol–water partition coefficient (Wildman–Crippen LogP) is 3.05. The summed E-state index contributed by atoms with van der Waals surface area (Å²) >= 11 is 0. The van der Waals surface area contributed by atoms with Crippen LogP contribution in [0.5, 0.6) is 5.75 Å². The molecular formula is C18H19N5O2. The highest BCUT2D eigenvalue weighted by Gasteiger charge is 2.17. The average molecular weight is 337 g/mol. The highest BCUT2D eigenvalue weighted by molar-refractivity contribution is 5.99. The molecular weight excluding hydrogens is 318 g/mol. The Bertz CT molecular complexity index is 848.